The van der Waals surface area contributed by atoms with Gasteiger partial charge in [-0.05, 0) is 0 Å². The number of carbonyl (C=O) groups excluding carboxylic acids is 1. The van der Waals surface area contributed by atoms with Gasteiger partial charge in [-0.3, -0.25) is 0 Å². The molecule has 2 heterocycles. The van der Waals surface area contributed by atoms with Crippen LogP contribution in [0.3, 0.4) is 0 Å². The van der Waals surface area contributed by atoms with E-state index >= 15 is 0 Å². The van der Waals surface area contributed by atoms with Gasteiger partial charge in [0, 0.05) is 0 Å². The van der Waals surface area contributed by atoms with Crippen molar-refractivity contribution in [2.45, 2.75) is 88.5 Å². The van der Waals surface area contributed by atoms with Crippen LogP contribution in [0.2, 0.25) is 0 Å². The zero-order valence-corrected chi connectivity index (χ0v) is 26.8. The zero-order valence-electron chi connectivity index (χ0n) is 22.2. The van der Waals surface area contributed by atoms with Gasteiger partial charge in [-0.1, -0.05) is 0 Å². The molecule has 176 valence electrons. The Morgan fingerprint density at radius 3 is 1.69 bits per heavy atom. The molecule has 0 radical (unpaired) electrons. The summed E-state index contributed by atoms with van der Waals surface area (Å²) in [6.07, 6.45) is 11.4. The second kappa shape index (κ2) is 9.74. The Hall–Kier alpha value is -0.311. The van der Waals surface area contributed by atoms with Crippen LogP contribution in [0, 0.1) is 16.2 Å². The SMILES string of the molecule is CC(C)(C)C(=O)c1[te]c(C(C)(C)C)cc1/C=C/C=C1C=C(C(C)(C)C)[Te]C(C(C)(C)C)=C1. The van der Waals surface area contributed by atoms with Crippen molar-refractivity contribution in [1.82, 2.24) is 0 Å². The minimum atomic E-state index is -0.618. The molecule has 0 bridgehead atoms. The van der Waals surface area contributed by atoms with E-state index in [9.17, 15) is 4.79 Å². The van der Waals surface area contributed by atoms with Gasteiger partial charge >= 0.3 is 219 Å². The van der Waals surface area contributed by atoms with Crippen molar-refractivity contribution in [3.63, 3.8) is 0 Å². The van der Waals surface area contributed by atoms with Crippen LogP contribution in [0.4, 0.5) is 0 Å². The van der Waals surface area contributed by atoms with Crippen molar-refractivity contribution in [3.8, 4) is 0 Å². The maximum atomic E-state index is 13.2. The molecule has 0 saturated carbocycles. The van der Waals surface area contributed by atoms with E-state index in [1.807, 2.05) is 20.8 Å². The summed E-state index contributed by atoms with van der Waals surface area (Å²) in [6.45, 7) is 26.9. The van der Waals surface area contributed by atoms with Gasteiger partial charge < -0.3 is 0 Å². The van der Waals surface area contributed by atoms with Gasteiger partial charge in [-0.15, -0.1) is 0 Å². The third kappa shape index (κ3) is 7.34. The molecule has 1 aliphatic rings. The summed E-state index contributed by atoms with van der Waals surface area (Å²) in [6, 6.07) is 2.30. The summed E-state index contributed by atoms with van der Waals surface area (Å²) in [5, 5.41) is 0. The molecule has 0 aromatic carbocycles. The van der Waals surface area contributed by atoms with Crippen molar-refractivity contribution in [2.75, 3.05) is 0 Å². The van der Waals surface area contributed by atoms with Crippen LogP contribution in [-0.2, 0) is 5.41 Å². The first kappa shape index (κ1) is 27.9. The summed E-state index contributed by atoms with van der Waals surface area (Å²) in [5.74, 6) is 0.316. The predicted octanol–water partition coefficient (Wildman–Crippen LogP) is 7.79. The molecule has 3 heteroatoms. The Bertz CT molecular complexity index is 950. The van der Waals surface area contributed by atoms with E-state index in [2.05, 4.69) is 98.8 Å². The number of rotatable bonds is 3. The summed E-state index contributed by atoms with van der Waals surface area (Å²) < 4.78 is 5.78. The van der Waals surface area contributed by atoms with E-state index in [1.54, 1.807) is 7.24 Å². The van der Waals surface area contributed by atoms with Gasteiger partial charge in [-0.2, -0.15) is 0 Å². The number of Topliss-reactive ketones (excluding diaryl/α,β-unsaturated/α-hetero) is 1. The first-order valence-electron chi connectivity index (χ1n) is 11.5. The minimum absolute atomic E-state index is 0.127. The second-order valence-electron chi connectivity index (χ2n) is 12.9. The molecule has 0 spiro atoms. The van der Waals surface area contributed by atoms with Crippen molar-refractivity contribution >= 4 is 53.2 Å². The Morgan fingerprint density at radius 1 is 0.781 bits per heavy atom. The molecule has 32 heavy (non-hydrogen) atoms. The number of allylic oxidation sites excluding steroid dienone is 7. The van der Waals surface area contributed by atoms with E-state index < -0.39 is 20.4 Å². The van der Waals surface area contributed by atoms with Gasteiger partial charge in [0.1, 0.15) is 0 Å². The van der Waals surface area contributed by atoms with Crippen molar-refractivity contribution in [1.29, 1.82) is 0 Å². The predicted molar refractivity (Wildman–Crippen MR) is 144 cm³/mol. The molecule has 0 saturated heterocycles. The summed E-state index contributed by atoms with van der Waals surface area (Å²) in [5.41, 5.74) is 2.64. The van der Waals surface area contributed by atoms with E-state index in [1.165, 1.54) is 9.15 Å². The fourth-order valence-electron chi connectivity index (χ4n) is 3.04. The van der Waals surface area contributed by atoms with Crippen LogP contribution in [0.1, 0.15) is 101 Å². The summed E-state index contributed by atoms with van der Waals surface area (Å²) in [4.78, 5) is 13.2. The molecule has 0 fully saturated rings. The fraction of sp³-hybridized carbons (Fsp3) is 0.552. The number of hydrogen-bond donors (Lipinski definition) is 0. The number of hydrogen-bond acceptors (Lipinski definition) is 1. The molecule has 0 unspecified atom stereocenters. The van der Waals surface area contributed by atoms with E-state index in [4.69, 9.17) is 0 Å². The Balaban J connectivity index is 2.50. The van der Waals surface area contributed by atoms with Gasteiger partial charge in [0.05, 0.1) is 0 Å². The molecule has 0 aliphatic carbocycles. The molecule has 2 rings (SSSR count). The zero-order chi connectivity index (χ0) is 24.7. The number of carbonyl (C=O) groups is 1. The summed E-state index contributed by atoms with van der Waals surface area (Å²) in [7, 11) is 0. The van der Waals surface area contributed by atoms with Crippen LogP contribution >= 0.6 is 0 Å². The molecule has 0 atom stereocenters. The molecular formula is C29H42OTe2. The standard InChI is InChI=1S/C29H42OTe2/c1-26(2,3)21-16-19(17-22(31-21)27(4,5)6)14-13-15-20-18-23(28(7,8)9)32-24(20)25(30)29(10,11)12/h13-18H,1-12H3/b15-13+. The van der Waals surface area contributed by atoms with Crippen molar-refractivity contribution in [3.05, 3.63) is 55.9 Å². The first-order chi connectivity index (χ1) is 14.3. The third-order valence-corrected chi connectivity index (χ3v) is 15.2. The molecular weight excluding hydrogens is 620 g/mol. The quantitative estimate of drug-likeness (QED) is 0.239. The monoisotopic (exact) mass is 666 g/mol. The third-order valence-electron chi connectivity index (χ3n) is 5.25. The first-order valence-corrected chi connectivity index (χ1v) is 16.2. The number of ketones is 1. The topological polar surface area (TPSA) is 17.1 Å². The Morgan fingerprint density at radius 2 is 1.28 bits per heavy atom. The Labute approximate surface area is 217 Å². The average Bonchev–Trinajstić information content (AvgIpc) is 3.03. The van der Waals surface area contributed by atoms with Gasteiger partial charge in [0.2, 0.25) is 0 Å². The van der Waals surface area contributed by atoms with E-state index in [-0.39, 0.29) is 42.6 Å². The van der Waals surface area contributed by atoms with Gasteiger partial charge in [0.15, 0.2) is 0 Å². The molecule has 1 aromatic heterocycles. The summed E-state index contributed by atoms with van der Waals surface area (Å²) >= 11 is -0.925. The van der Waals surface area contributed by atoms with E-state index in [0.29, 0.717) is 5.78 Å². The molecule has 0 amide bonds. The van der Waals surface area contributed by atoms with Crippen LogP contribution in [0.5, 0.6) is 0 Å². The average molecular weight is 662 g/mol. The van der Waals surface area contributed by atoms with Gasteiger partial charge in [0.25, 0.3) is 0 Å². The maximum absolute atomic E-state index is 13.2. The van der Waals surface area contributed by atoms with Crippen LogP contribution in [0.15, 0.2) is 43.2 Å². The second-order valence-corrected chi connectivity index (χ2v) is 19.0. The van der Waals surface area contributed by atoms with Crippen LogP contribution in [0.25, 0.3) is 6.08 Å². The van der Waals surface area contributed by atoms with Crippen LogP contribution in [-0.4, -0.2) is 47.1 Å². The normalized spacial score (nSPS) is 16.3. The van der Waals surface area contributed by atoms with Crippen LogP contribution < -0.4 is 0 Å². The molecule has 0 N–H and O–H groups in total. The van der Waals surface area contributed by atoms with E-state index in [0.717, 1.165) is 9.14 Å². The van der Waals surface area contributed by atoms with Crippen molar-refractivity contribution in [2.24, 2.45) is 16.2 Å². The molecule has 1 nitrogen and oxygen atoms in total. The van der Waals surface area contributed by atoms with Gasteiger partial charge in [-0.25, -0.2) is 0 Å². The van der Waals surface area contributed by atoms with Crippen molar-refractivity contribution < 1.29 is 4.79 Å². The fourth-order valence-corrected chi connectivity index (χ4v) is 10.4. The molecule has 1 aliphatic heterocycles. The Kier molecular flexibility index (Phi) is 8.50. The molecule has 1 aromatic rings.